The number of hydrogen-bond acceptors (Lipinski definition) is 5. The molecule has 0 atom stereocenters. The Kier molecular flexibility index (Phi) is 4.93. The van der Waals surface area contributed by atoms with Crippen LogP contribution < -0.4 is 9.03 Å². The van der Waals surface area contributed by atoms with Gasteiger partial charge >= 0.3 is 10.2 Å². The summed E-state index contributed by atoms with van der Waals surface area (Å²) in [5.74, 6) is -3.21. The van der Waals surface area contributed by atoms with Gasteiger partial charge in [0.1, 0.15) is 18.0 Å². The fraction of sp³-hybridized carbons (Fsp3) is 0.444. The van der Waals surface area contributed by atoms with E-state index in [9.17, 15) is 22.7 Å². The number of amides is 1. The predicted molar refractivity (Wildman–Crippen MR) is 100 cm³/mol. The van der Waals surface area contributed by atoms with E-state index in [1.165, 1.54) is 17.3 Å². The minimum Gasteiger partial charge on any atom is -0.506 e. The number of rotatable bonds is 4. The van der Waals surface area contributed by atoms with Gasteiger partial charge in [-0.2, -0.15) is 12.8 Å². The minimum absolute atomic E-state index is 0.143. The summed E-state index contributed by atoms with van der Waals surface area (Å²) in [7, 11) is -4.34. The van der Waals surface area contributed by atoms with Crippen LogP contribution in [0.25, 0.3) is 11.1 Å². The molecule has 1 saturated carbocycles. The molecule has 1 amide bonds. The first kappa shape index (κ1) is 19.6. The van der Waals surface area contributed by atoms with E-state index in [0.717, 1.165) is 37.8 Å². The number of aromatic hydroxyl groups is 1. The zero-order valence-electron chi connectivity index (χ0n) is 15.4. The van der Waals surface area contributed by atoms with Crippen molar-refractivity contribution in [2.75, 3.05) is 10.8 Å². The molecule has 1 aromatic carbocycles. The molecule has 0 unspecified atom stereocenters. The molecule has 2 aliphatic rings. The highest BCUT2D eigenvalue weighted by atomic mass is 32.2. The van der Waals surface area contributed by atoms with Gasteiger partial charge in [-0.3, -0.25) is 9.48 Å². The van der Waals surface area contributed by atoms with E-state index in [1.54, 1.807) is 4.72 Å². The number of benzene rings is 1. The Morgan fingerprint density at radius 2 is 1.90 bits per heavy atom. The maximum atomic E-state index is 15.2. The maximum absolute atomic E-state index is 15.2. The summed E-state index contributed by atoms with van der Waals surface area (Å²) in [6.45, 7) is -0.165. The molecule has 1 aliphatic heterocycles. The lowest BCUT2D eigenvalue weighted by Crippen LogP contribution is -2.30. The van der Waals surface area contributed by atoms with E-state index in [4.69, 9.17) is 0 Å². The Morgan fingerprint density at radius 1 is 1.17 bits per heavy atom. The van der Waals surface area contributed by atoms with Crippen molar-refractivity contribution in [2.45, 2.75) is 38.6 Å². The molecule has 0 spiro atoms. The number of carbonyl (C=O) groups is 1. The molecule has 1 aromatic heterocycles. The monoisotopic (exact) mass is 426 g/mol. The van der Waals surface area contributed by atoms with Gasteiger partial charge < -0.3 is 5.11 Å². The third-order valence-electron chi connectivity index (χ3n) is 5.34. The number of halogens is 2. The molecule has 2 fully saturated rings. The van der Waals surface area contributed by atoms with Crippen molar-refractivity contribution >= 4 is 21.8 Å². The van der Waals surface area contributed by atoms with Crippen molar-refractivity contribution < 1.29 is 27.1 Å². The van der Waals surface area contributed by atoms with Gasteiger partial charge in [-0.25, -0.2) is 13.4 Å². The molecule has 0 radical (unpaired) electrons. The molecule has 156 valence electrons. The Balaban J connectivity index is 1.70. The SMILES string of the molecule is O=C1CN(c2c(O)ccc(-c3cn(CC4CCCCC4)nc3F)c2F)S(=O)(=O)N1. The number of phenols is 1. The first-order chi connectivity index (χ1) is 13.8. The van der Waals surface area contributed by atoms with Gasteiger partial charge in [0.05, 0.1) is 5.56 Å². The smallest absolute Gasteiger partial charge is 0.326 e. The van der Waals surface area contributed by atoms with Crippen LogP contribution >= 0.6 is 0 Å². The molecule has 2 heterocycles. The number of hydrogen-bond donors (Lipinski definition) is 2. The molecule has 29 heavy (non-hydrogen) atoms. The van der Waals surface area contributed by atoms with Crippen molar-refractivity contribution in [3.63, 3.8) is 0 Å². The zero-order chi connectivity index (χ0) is 20.8. The summed E-state index contributed by atoms with van der Waals surface area (Å²) in [6, 6.07) is 2.21. The van der Waals surface area contributed by atoms with Gasteiger partial charge in [0.2, 0.25) is 5.95 Å². The second-order valence-electron chi connectivity index (χ2n) is 7.39. The zero-order valence-corrected chi connectivity index (χ0v) is 16.3. The van der Waals surface area contributed by atoms with E-state index in [0.29, 0.717) is 16.8 Å². The first-order valence-corrected chi connectivity index (χ1v) is 10.8. The normalized spacial score (nSPS) is 19.5. The largest absolute Gasteiger partial charge is 0.506 e. The minimum atomic E-state index is -4.34. The van der Waals surface area contributed by atoms with E-state index in [1.807, 2.05) is 0 Å². The van der Waals surface area contributed by atoms with Crippen molar-refractivity contribution in [3.8, 4) is 16.9 Å². The van der Waals surface area contributed by atoms with Crippen molar-refractivity contribution in [3.05, 3.63) is 30.1 Å². The van der Waals surface area contributed by atoms with Gasteiger partial charge in [0.25, 0.3) is 5.91 Å². The van der Waals surface area contributed by atoms with Crippen LogP contribution in [0.2, 0.25) is 0 Å². The summed E-state index contributed by atoms with van der Waals surface area (Å²) in [5.41, 5.74) is -1.10. The van der Waals surface area contributed by atoms with Crippen LogP contribution in [-0.2, 0) is 21.5 Å². The topological polar surface area (TPSA) is 105 Å². The molecular formula is C18H20F2N4O4S. The first-order valence-electron chi connectivity index (χ1n) is 9.34. The van der Waals surface area contributed by atoms with Gasteiger partial charge in [-0.05, 0) is 30.9 Å². The molecule has 2 aromatic rings. The van der Waals surface area contributed by atoms with Gasteiger partial charge in [-0.15, -0.1) is 5.10 Å². The lowest BCUT2D eigenvalue weighted by Gasteiger charge is -2.21. The quantitative estimate of drug-likeness (QED) is 0.781. The highest BCUT2D eigenvalue weighted by Crippen LogP contribution is 2.39. The Bertz CT molecular complexity index is 1060. The van der Waals surface area contributed by atoms with Crippen molar-refractivity contribution in [2.24, 2.45) is 5.92 Å². The van der Waals surface area contributed by atoms with Crippen molar-refractivity contribution in [1.82, 2.24) is 14.5 Å². The molecule has 0 bridgehead atoms. The van der Waals surface area contributed by atoms with E-state index in [2.05, 4.69) is 5.10 Å². The van der Waals surface area contributed by atoms with Crippen molar-refractivity contribution in [1.29, 1.82) is 0 Å². The second kappa shape index (κ2) is 7.29. The third-order valence-corrected chi connectivity index (χ3v) is 6.72. The van der Waals surface area contributed by atoms with Crippen LogP contribution in [0.4, 0.5) is 14.5 Å². The Hall–Kier alpha value is -2.69. The van der Waals surface area contributed by atoms with Crippen LogP contribution in [0.15, 0.2) is 18.3 Å². The van der Waals surface area contributed by atoms with Gasteiger partial charge in [-0.1, -0.05) is 19.3 Å². The fourth-order valence-corrected chi connectivity index (χ4v) is 5.12. The summed E-state index contributed by atoms with van der Waals surface area (Å²) in [4.78, 5) is 11.5. The van der Waals surface area contributed by atoms with Gasteiger partial charge in [0, 0.05) is 18.3 Å². The van der Waals surface area contributed by atoms with E-state index >= 15 is 4.39 Å². The lowest BCUT2D eigenvalue weighted by atomic mass is 9.89. The highest BCUT2D eigenvalue weighted by molar-refractivity contribution is 7.92. The number of aromatic nitrogens is 2. The molecule has 2 N–H and O–H groups in total. The average Bonchev–Trinajstić information content (AvgIpc) is 3.14. The number of anilines is 1. The number of nitrogens with zero attached hydrogens (tertiary/aromatic N) is 3. The number of nitrogens with one attached hydrogen (secondary N) is 1. The van der Waals surface area contributed by atoms with Gasteiger partial charge in [0.15, 0.2) is 5.82 Å². The number of phenolic OH excluding ortho intramolecular Hbond substituents is 1. The molecule has 8 nitrogen and oxygen atoms in total. The summed E-state index contributed by atoms with van der Waals surface area (Å²) in [5, 5.41) is 13.9. The standard InChI is InChI=1S/C18H20F2N4O4S/c19-16-12(6-7-14(25)17(16)24-10-15(26)22-29(24,27)28)13-9-23(21-18(13)20)8-11-4-2-1-3-5-11/h6-7,9,11,25H,1-5,8,10H2,(H,22,26). The van der Waals surface area contributed by atoms with E-state index < -0.39 is 45.9 Å². The average molecular weight is 426 g/mol. The van der Waals surface area contributed by atoms with Crippen LogP contribution in [0.1, 0.15) is 32.1 Å². The molecule has 1 aliphatic carbocycles. The molecule has 4 rings (SSSR count). The maximum Gasteiger partial charge on any atom is 0.326 e. The summed E-state index contributed by atoms with van der Waals surface area (Å²) >= 11 is 0. The van der Waals surface area contributed by atoms with Crippen LogP contribution in [0.5, 0.6) is 5.75 Å². The van der Waals surface area contributed by atoms with E-state index in [-0.39, 0.29) is 11.1 Å². The van der Waals surface area contributed by atoms with Crippen LogP contribution in [-0.4, -0.2) is 35.8 Å². The molecule has 1 saturated heterocycles. The summed E-state index contributed by atoms with van der Waals surface area (Å²) in [6.07, 6.45) is 6.87. The Labute approximate surface area is 166 Å². The third kappa shape index (κ3) is 3.66. The van der Waals surface area contributed by atoms with Crippen LogP contribution in [0.3, 0.4) is 0 Å². The lowest BCUT2D eigenvalue weighted by molar-refractivity contribution is -0.117. The summed E-state index contributed by atoms with van der Waals surface area (Å²) < 4.78 is 57.3. The highest BCUT2D eigenvalue weighted by Gasteiger charge is 2.38. The Morgan fingerprint density at radius 3 is 2.55 bits per heavy atom. The fourth-order valence-electron chi connectivity index (χ4n) is 3.95. The number of carbonyl (C=O) groups excluding carboxylic acids is 1. The molecular weight excluding hydrogens is 406 g/mol. The predicted octanol–water partition coefficient (Wildman–Crippen LogP) is 2.30. The second-order valence-corrected chi connectivity index (χ2v) is 8.99. The molecule has 11 heteroatoms. The van der Waals surface area contributed by atoms with Crippen LogP contribution in [0, 0.1) is 17.7 Å².